The largest absolute Gasteiger partial charge is 0.412 e. The number of hydrogen-bond donors (Lipinski definition) is 2. The van der Waals surface area contributed by atoms with Crippen LogP contribution in [0.4, 0.5) is 0 Å². The van der Waals surface area contributed by atoms with Crippen LogP contribution in [0.15, 0.2) is 97.3 Å². The number of nitrogens with two attached hydrogens (primary N) is 2. The van der Waals surface area contributed by atoms with Crippen LogP contribution < -0.4 is 11.5 Å². The van der Waals surface area contributed by atoms with Crippen LogP contribution in [0.1, 0.15) is 56.3 Å². The molecule has 3 aliphatic rings. The number of carbonyl (C=O) groups excluding carboxylic acids is 2. The topological polar surface area (TPSA) is 255 Å². The zero-order chi connectivity index (χ0) is 42.7. The van der Waals surface area contributed by atoms with Gasteiger partial charge in [-0.25, -0.2) is 0 Å². The summed E-state index contributed by atoms with van der Waals surface area (Å²) in [5, 5.41) is 11.6. The predicted molar refractivity (Wildman–Crippen MR) is 244 cm³/mol. The van der Waals surface area contributed by atoms with Gasteiger partial charge in [-0.1, -0.05) is 12.1 Å². The van der Waals surface area contributed by atoms with Crippen LogP contribution in [0.3, 0.4) is 0 Å². The van der Waals surface area contributed by atoms with Gasteiger partial charge < -0.3 is 31.9 Å². The van der Waals surface area contributed by atoms with Crippen molar-refractivity contribution in [3.63, 3.8) is 0 Å². The van der Waals surface area contributed by atoms with E-state index in [1.165, 1.54) is 11.4 Å². The van der Waals surface area contributed by atoms with E-state index < -0.39 is 11.8 Å². The summed E-state index contributed by atoms with van der Waals surface area (Å²) in [6.45, 7) is 8.88. The smallest absolute Gasteiger partial charge is 0.248 e. The fourth-order valence-electron chi connectivity index (χ4n) is 8.41. The summed E-state index contributed by atoms with van der Waals surface area (Å²) in [6, 6.07) is 26.7. The van der Waals surface area contributed by atoms with E-state index in [0.717, 1.165) is 143 Å². The Labute approximate surface area is 368 Å². The normalized spacial score (nSPS) is 13.7. The maximum absolute atomic E-state index is 11.7. The number of aryl methyl sites for hydroxylation is 4. The number of pyridine rings is 4. The number of fused-ring (bicyclic) bond motifs is 4. The van der Waals surface area contributed by atoms with Crippen LogP contribution in [-0.4, -0.2) is 88.7 Å². The number of rotatable bonds is 6. The lowest BCUT2D eigenvalue weighted by Gasteiger charge is -2.10. The van der Waals surface area contributed by atoms with Crippen molar-refractivity contribution in [2.45, 2.75) is 52.6 Å². The monoisotopic (exact) mass is 862 g/mol. The van der Waals surface area contributed by atoms with Crippen molar-refractivity contribution in [1.82, 2.24) is 39.5 Å². The molecule has 64 heavy (non-hydrogen) atoms. The fourth-order valence-corrected chi connectivity index (χ4v) is 8.41. The van der Waals surface area contributed by atoms with Crippen LogP contribution in [0.5, 0.6) is 0 Å². The van der Waals surface area contributed by atoms with Gasteiger partial charge >= 0.3 is 0 Å². The summed E-state index contributed by atoms with van der Waals surface area (Å²) < 4.78 is 14.1. The van der Waals surface area contributed by atoms with Crippen LogP contribution in [0.25, 0.3) is 66.8 Å². The van der Waals surface area contributed by atoms with Crippen molar-refractivity contribution in [2.24, 2.45) is 11.5 Å². The van der Waals surface area contributed by atoms with Crippen LogP contribution in [0, 0.1) is 13.8 Å². The van der Waals surface area contributed by atoms with E-state index in [9.17, 15) is 9.59 Å². The molecule has 0 saturated carbocycles. The van der Waals surface area contributed by atoms with Crippen molar-refractivity contribution in [2.75, 3.05) is 26.4 Å². The molecule has 0 radical (unpaired) electrons. The molecule has 3 aliphatic heterocycles. The first-order valence-electron chi connectivity index (χ1n) is 20.8. The first-order chi connectivity index (χ1) is 30.2. The lowest BCUT2D eigenvalue weighted by Crippen LogP contribution is -2.16. The molecule has 0 atom stereocenters. The highest BCUT2D eigenvalue weighted by Crippen LogP contribution is 2.41. The molecule has 0 bridgehead atoms. The van der Waals surface area contributed by atoms with E-state index in [1.54, 1.807) is 24.5 Å². The zero-order valence-corrected chi connectivity index (χ0v) is 35.7. The molecule has 0 spiro atoms. The van der Waals surface area contributed by atoms with Crippen molar-refractivity contribution in [3.05, 3.63) is 131 Å². The maximum atomic E-state index is 11.7. The molecule has 11 rings (SSSR count). The Hall–Kier alpha value is -7.24. The second-order valence-electron chi connectivity index (χ2n) is 15.5. The van der Waals surface area contributed by atoms with Gasteiger partial charge in [0.25, 0.3) is 0 Å². The Morgan fingerprint density at radius 2 is 1.00 bits per heavy atom. The van der Waals surface area contributed by atoms with E-state index >= 15 is 0 Å². The van der Waals surface area contributed by atoms with Crippen molar-refractivity contribution in [1.29, 1.82) is 0 Å². The SMILES string of the molecule is C1COCCO1.Cc1cccc(-c2nn3c(c2-c2ccnc4ccc(C(N)=O)cc24)CCC3)n1.Cc1cccc(-c2nn3c(c2-c2ccnc4ccc(C(N)=O)cc24)CCC3)n1.O.O. The zero-order valence-electron chi connectivity index (χ0n) is 35.7. The summed E-state index contributed by atoms with van der Waals surface area (Å²) in [6.07, 6.45) is 7.68. The third kappa shape index (κ3) is 8.98. The highest BCUT2D eigenvalue weighted by atomic mass is 16.6. The molecule has 6 aromatic heterocycles. The van der Waals surface area contributed by atoms with E-state index in [1.807, 2.05) is 86.6 Å². The Morgan fingerprint density at radius 1 is 0.578 bits per heavy atom. The highest BCUT2D eigenvalue weighted by molar-refractivity contribution is 6.04. The van der Waals surface area contributed by atoms with E-state index in [2.05, 4.69) is 19.3 Å². The summed E-state index contributed by atoms with van der Waals surface area (Å²) >= 11 is 0. The van der Waals surface area contributed by atoms with Gasteiger partial charge in [-0.05, 0) is 123 Å². The number of nitrogens with zero attached hydrogens (tertiary/aromatic N) is 8. The average molecular weight is 863 g/mol. The van der Waals surface area contributed by atoms with Gasteiger partial charge in [0, 0.05) is 81.3 Å². The molecule has 2 amide bonds. The molecule has 9 heterocycles. The molecule has 2 aromatic carbocycles. The number of benzene rings is 2. The van der Waals surface area contributed by atoms with Gasteiger partial charge in [0.1, 0.15) is 11.4 Å². The molecule has 8 aromatic rings. The molecular weight excluding hydrogens is 813 g/mol. The first-order valence-corrected chi connectivity index (χ1v) is 20.8. The van der Waals surface area contributed by atoms with Crippen molar-refractivity contribution in [3.8, 4) is 45.0 Å². The summed E-state index contributed by atoms with van der Waals surface area (Å²) in [4.78, 5) is 41.8. The molecule has 0 unspecified atom stereocenters. The minimum atomic E-state index is -0.447. The molecule has 1 saturated heterocycles. The first kappa shape index (κ1) is 44.8. The third-order valence-corrected chi connectivity index (χ3v) is 11.3. The van der Waals surface area contributed by atoms with Crippen LogP contribution in [-0.2, 0) is 35.4 Å². The number of hydrogen-bond acceptors (Lipinski definition) is 10. The lowest BCUT2D eigenvalue weighted by molar-refractivity contribution is -0.0334. The number of aromatic nitrogens is 8. The average Bonchev–Trinajstić information content (AvgIpc) is 4.10. The molecule has 16 nitrogen and oxygen atoms in total. The van der Waals surface area contributed by atoms with Gasteiger partial charge in [-0.15, -0.1) is 0 Å². The van der Waals surface area contributed by atoms with Crippen LogP contribution in [0.2, 0.25) is 0 Å². The lowest BCUT2D eigenvalue weighted by atomic mass is 9.95. The van der Waals surface area contributed by atoms with Gasteiger partial charge in [0.15, 0.2) is 0 Å². The Bertz CT molecular complexity index is 2790. The fraction of sp³-hybridized carbons (Fsp3) is 0.250. The predicted octanol–water partition coefficient (Wildman–Crippen LogP) is 5.41. The highest BCUT2D eigenvalue weighted by Gasteiger charge is 2.27. The minimum Gasteiger partial charge on any atom is -0.412 e. The second-order valence-corrected chi connectivity index (χ2v) is 15.5. The quantitative estimate of drug-likeness (QED) is 0.215. The standard InChI is InChI=1S/2C22H19N5O.C4H8O2.2H2O/c2*1-13-4-2-5-18(25-13)21-20(19-6-3-11-27(19)26-21)15-9-10-24-17-8-7-14(22(23)28)12-16(15)17;1-2-6-4-3-5-1;;/h2*2,4-5,7-10,12H,3,6,11H2,1H3,(H2,23,28);1-4H2;2*1H2. The molecule has 8 N–H and O–H groups in total. The van der Waals surface area contributed by atoms with E-state index in [4.69, 9.17) is 41.1 Å². The molecule has 0 aliphatic carbocycles. The van der Waals surface area contributed by atoms with Gasteiger partial charge in [0.05, 0.1) is 48.8 Å². The van der Waals surface area contributed by atoms with Crippen molar-refractivity contribution >= 4 is 33.6 Å². The number of amides is 2. The van der Waals surface area contributed by atoms with Crippen molar-refractivity contribution < 1.29 is 30.0 Å². The van der Waals surface area contributed by atoms with Crippen LogP contribution >= 0.6 is 0 Å². The van der Waals surface area contributed by atoms with E-state index in [0.29, 0.717) is 11.1 Å². The van der Waals surface area contributed by atoms with Gasteiger partial charge in [-0.2, -0.15) is 10.2 Å². The summed E-state index contributed by atoms with van der Waals surface area (Å²) in [5.41, 5.74) is 25.5. The summed E-state index contributed by atoms with van der Waals surface area (Å²) in [7, 11) is 0. The number of carbonyl (C=O) groups is 2. The molecule has 16 heteroatoms. The maximum Gasteiger partial charge on any atom is 0.248 e. The molecular formula is C48H50N10O6. The van der Waals surface area contributed by atoms with Gasteiger partial charge in [-0.3, -0.25) is 38.9 Å². The second kappa shape index (κ2) is 19.4. The Balaban J connectivity index is 0.000000165. The summed E-state index contributed by atoms with van der Waals surface area (Å²) in [5.74, 6) is -0.893. The van der Waals surface area contributed by atoms with E-state index in [-0.39, 0.29) is 11.0 Å². The Morgan fingerprint density at radius 3 is 1.38 bits per heavy atom. The number of ether oxygens (including phenoxy) is 2. The minimum absolute atomic E-state index is 0. The number of primary amides is 2. The van der Waals surface area contributed by atoms with Gasteiger partial charge in [0.2, 0.25) is 11.8 Å². The molecule has 1 fully saturated rings. The molecule has 328 valence electrons. The Kier molecular flexibility index (Phi) is 13.6. The third-order valence-electron chi connectivity index (χ3n) is 11.3.